The van der Waals surface area contributed by atoms with E-state index < -0.39 is 100 Å². The highest BCUT2D eigenvalue weighted by Gasteiger charge is 2.61. The lowest BCUT2D eigenvalue weighted by molar-refractivity contribution is -0.109. The van der Waals surface area contributed by atoms with E-state index >= 15 is 0 Å². The molecule has 0 amide bonds. The highest BCUT2D eigenvalue weighted by molar-refractivity contribution is 7.16. The van der Waals surface area contributed by atoms with Crippen LogP contribution in [0.15, 0.2) is 110 Å². The number of aliphatic hydroxyl groups is 3. The zero-order chi connectivity index (χ0) is 48.7. The molecule has 9 rings (SSSR count). The fourth-order valence-electron chi connectivity index (χ4n) is 7.70. The Morgan fingerprint density at radius 1 is 0.706 bits per heavy atom. The van der Waals surface area contributed by atoms with Crippen LogP contribution in [0.25, 0.3) is 20.7 Å². The molecule has 2 saturated heterocycles. The second-order valence-corrected chi connectivity index (χ2v) is 17.6. The van der Waals surface area contributed by atoms with Crippen LogP contribution < -0.4 is 32.3 Å². The fourth-order valence-corrected chi connectivity index (χ4v) is 9.37. The molecule has 0 radical (unpaired) electrons. The van der Waals surface area contributed by atoms with Crippen molar-refractivity contribution in [1.29, 1.82) is 0 Å². The molecule has 2 fully saturated rings. The number of anilines is 2. The molecule has 23 nitrogen and oxygen atoms in total. The molecule has 6 heterocycles. The lowest BCUT2D eigenvalue weighted by atomic mass is 9.95. The zero-order valence-corrected chi connectivity index (χ0v) is 37.2. The Kier molecular flexibility index (Phi) is 13.0. The van der Waals surface area contributed by atoms with Gasteiger partial charge in [0.1, 0.15) is 39.9 Å². The molecular formula is C43H40N8O15S2. The van der Waals surface area contributed by atoms with Gasteiger partial charge in [0.25, 0.3) is 11.1 Å². The van der Waals surface area contributed by atoms with Gasteiger partial charge in [-0.3, -0.25) is 38.3 Å². The summed E-state index contributed by atoms with van der Waals surface area (Å²) in [5.74, 6) is -2.77. The molecule has 3 aromatic carbocycles. The number of esters is 3. The predicted molar refractivity (Wildman–Crippen MR) is 242 cm³/mol. The Morgan fingerprint density at radius 3 is 1.62 bits per heavy atom. The third-order valence-electron chi connectivity index (χ3n) is 11.0. The minimum absolute atomic E-state index is 0.0283. The van der Waals surface area contributed by atoms with Crippen LogP contribution in [0.3, 0.4) is 0 Å². The Labute approximate surface area is 388 Å². The first kappa shape index (κ1) is 47.1. The standard InChI is InChI=1S/C32H26N4O9S.C11H14N4O6S/c1-32(45-28(40)20-15-9-4-10-16-20)23(44-27(39)19-13-7-3-8-14-19)21(17-42-26(38)18-11-5-2-6-12-18)43-29(32)36-24-22(46-31(36)41)25(37)35-30(33)34-24;1-11(20)5(17)3(2-16)21-8(11)15-6-4(22-10(15)19)7(18)14-9(12)13-6/h2-16,21,23,29H,17H2,1H3,(H3,33,34,35,37);3,5,8,16-17,20H,2H2,1H3,(H3,12,13,14,18)/t21-,23-,29-,32-;3-,5-,8-,11-/m11/s1. The number of hydrogen-bond acceptors (Lipinski definition) is 21. The van der Waals surface area contributed by atoms with E-state index in [0.717, 1.165) is 9.13 Å². The first-order valence-corrected chi connectivity index (χ1v) is 22.0. The first-order chi connectivity index (χ1) is 32.4. The van der Waals surface area contributed by atoms with E-state index in [1.54, 1.807) is 66.7 Å². The number of aromatic nitrogens is 6. The summed E-state index contributed by atoms with van der Waals surface area (Å²) in [6, 6.07) is 24.3. The third kappa shape index (κ3) is 8.81. The summed E-state index contributed by atoms with van der Waals surface area (Å²) < 4.78 is 31.2. The molecule has 68 heavy (non-hydrogen) atoms. The quantitative estimate of drug-likeness (QED) is 0.0744. The smallest absolute Gasteiger partial charge is 0.338 e. The van der Waals surface area contributed by atoms with Crippen molar-refractivity contribution < 1.29 is 53.4 Å². The van der Waals surface area contributed by atoms with E-state index in [4.69, 9.17) is 35.2 Å². The third-order valence-corrected chi connectivity index (χ3v) is 12.9. The molecule has 0 unspecified atom stereocenters. The van der Waals surface area contributed by atoms with E-state index in [2.05, 4.69) is 19.9 Å². The molecule has 8 atom stereocenters. The molecule has 0 aliphatic carbocycles. The molecule has 354 valence electrons. The molecule has 9 N–H and O–H groups in total. The molecular weight excluding hydrogens is 933 g/mol. The van der Waals surface area contributed by atoms with Crippen molar-refractivity contribution in [3.8, 4) is 0 Å². The number of benzene rings is 3. The largest absolute Gasteiger partial charge is 0.459 e. The highest BCUT2D eigenvalue weighted by Crippen LogP contribution is 2.45. The van der Waals surface area contributed by atoms with Crippen molar-refractivity contribution in [3.05, 3.63) is 148 Å². The number of hydrogen-bond donors (Lipinski definition) is 7. The summed E-state index contributed by atoms with van der Waals surface area (Å²) >= 11 is 1.20. The number of carbonyl (C=O) groups excluding carboxylic acids is 3. The van der Waals surface area contributed by atoms with Crippen molar-refractivity contribution in [3.63, 3.8) is 0 Å². The number of nitrogens with two attached hydrogens (primary N) is 2. The van der Waals surface area contributed by atoms with Gasteiger partial charge in [0.05, 0.1) is 23.3 Å². The van der Waals surface area contributed by atoms with Gasteiger partial charge in [0.15, 0.2) is 35.5 Å². The van der Waals surface area contributed by atoms with Gasteiger partial charge in [-0.05, 0) is 50.2 Å². The lowest BCUT2D eigenvalue weighted by Crippen LogP contribution is -2.51. The maximum absolute atomic E-state index is 13.6. The molecule has 4 aromatic heterocycles. The number of nitrogens with one attached hydrogen (secondary N) is 2. The van der Waals surface area contributed by atoms with Crippen LogP contribution in [-0.2, 0) is 23.7 Å². The van der Waals surface area contributed by atoms with Crippen molar-refractivity contribution in [2.75, 3.05) is 24.7 Å². The van der Waals surface area contributed by atoms with Gasteiger partial charge < -0.3 is 50.5 Å². The van der Waals surface area contributed by atoms with Crippen LogP contribution in [0.5, 0.6) is 0 Å². The Bertz CT molecular complexity index is 3260. The van der Waals surface area contributed by atoms with E-state index in [-0.39, 0.29) is 49.3 Å². The average Bonchev–Trinajstić information content (AvgIpc) is 3.98. The molecule has 0 bridgehead atoms. The summed E-state index contributed by atoms with van der Waals surface area (Å²) in [7, 11) is 0. The molecule has 2 aliphatic heterocycles. The number of rotatable bonds is 10. The minimum Gasteiger partial charge on any atom is -0.459 e. The van der Waals surface area contributed by atoms with E-state index in [1.165, 1.54) is 38.1 Å². The van der Waals surface area contributed by atoms with Gasteiger partial charge in [0, 0.05) is 0 Å². The van der Waals surface area contributed by atoms with Crippen molar-refractivity contribution in [1.82, 2.24) is 29.1 Å². The van der Waals surface area contributed by atoms with Gasteiger partial charge >= 0.3 is 27.7 Å². The maximum Gasteiger partial charge on any atom is 0.338 e. The number of carbonyl (C=O) groups is 3. The lowest BCUT2D eigenvalue weighted by Gasteiger charge is -2.34. The summed E-state index contributed by atoms with van der Waals surface area (Å²) in [4.78, 5) is 101. The van der Waals surface area contributed by atoms with Gasteiger partial charge in [-0.25, -0.2) is 14.4 Å². The van der Waals surface area contributed by atoms with E-state index in [9.17, 15) is 48.9 Å². The number of H-pyrrole nitrogens is 2. The molecule has 25 heteroatoms. The number of aliphatic hydroxyl groups excluding tert-OH is 2. The van der Waals surface area contributed by atoms with Crippen LogP contribution in [-0.4, -0.2) is 111 Å². The van der Waals surface area contributed by atoms with Gasteiger partial charge in [-0.1, -0.05) is 77.3 Å². The predicted octanol–water partition coefficient (Wildman–Crippen LogP) is 1.05. The summed E-state index contributed by atoms with van der Waals surface area (Å²) in [5, 5.41) is 29.6. The molecule has 2 aliphatic rings. The van der Waals surface area contributed by atoms with Crippen LogP contribution >= 0.6 is 22.7 Å². The maximum atomic E-state index is 13.6. The fraction of sp³-hybridized carbons (Fsp3) is 0.279. The van der Waals surface area contributed by atoms with Crippen molar-refractivity contribution in [2.45, 2.75) is 61.9 Å². The van der Waals surface area contributed by atoms with Crippen LogP contribution in [0.4, 0.5) is 11.9 Å². The summed E-state index contributed by atoms with van der Waals surface area (Å²) in [6.45, 7) is 1.68. The number of nitrogens with zero attached hydrogens (tertiary/aromatic N) is 4. The van der Waals surface area contributed by atoms with Crippen molar-refractivity contribution >= 4 is 73.2 Å². The van der Waals surface area contributed by atoms with Crippen LogP contribution in [0, 0.1) is 0 Å². The van der Waals surface area contributed by atoms with Gasteiger partial charge in [-0.15, -0.1) is 0 Å². The monoisotopic (exact) mass is 972 g/mol. The van der Waals surface area contributed by atoms with E-state index in [0.29, 0.717) is 22.7 Å². The Balaban J connectivity index is 0.000000237. The van der Waals surface area contributed by atoms with Crippen molar-refractivity contribution in [2.24, 2.45) is 0 Å². The van der Waals surface area contributed by atoms with Crippen LogP contribution in [0.2, 0.25) is 0 Å². The number of nitrogen functional groups attached to an aromatic ring is 2. The molecule has 7 aromatic rings. The molecule has 0 saturated carbocycles. The topological polar surface area (TPSA) is 346 Å². The Morgan fingerprint density at radius 2 is 1.15 bits per heavy atom. The number of thiazole rings is 2. The SMILES string of the molecule is C[C@@]1(O)[C@H](O)[C@@H](CO)O[C@H]1n1c(=O)sc2c(=O)[nH]c(N)nc21.C[C@@]1(OC(=O)c2ccccc2)[C@H](OC(=O)c2ccccc2)[C@@H](COC(=O)c2ccccc2)O[C@H]1n1c(=O)sc2c(=O)[nH]c(N)nc21. The minimum atomic E-state index is -1.95. The van der Waals surface area contributed by atoms with Crippen LogP contribution in [0.1, 0.15) is 57.4 Å². The van der Waals surface area contributed by atoms with E-state index in [1.807, 2.05) is 0 Å². The van der Waals surface area contributed by atoms with Gasteiger partial charge in [-0.2, -0.15) is 9.97 Å². The summed E-state index contributed by atoms with van der Waals surface area (Å²) in [5.41, 5.74) is 6.66. The second kappa shape index (κ2) is 18.7. The Hall–Kier alpha value is -7.39. The average molecular weight is 973 g/mol. The number of aromatic amines is 2. The number of fused-ring (bicyclic) bond motifs is 2. The highest BCUT2D eigenvalue weighted by atomic mass is 32.1. The summed E-state index contributed by atoms with van der Waals surface area (Å²) in [6.07, 6.45) is -8.02. The molecule has 0 spiro atoms. The normalized spacial score (nSPS) is 24.3. The second-order valence-electron chi connectivity index (χ2n) is 15.7. The zero-order valence-electron chi connectivity index (χ0n) is 35.5. The van der Waals surface area contributed by atoms with Gasteiger partial charge in [0.2, 0.25) is 11.9 Å². The first-order valence-electron chi connectivity index (χ1n) is 20.3. The number of ether oxygens (including phenoxy) is 5.